The van der Waals surface area contributed by atoms with E-state index in [4.69, 9.17) is 34.8 Å². The number of nitrogens with one attached hydrogen (secondary N) is 1. The molecule has 0 aliphatic rings. The van der Waals surface area contributed by atoms with Crippen molar-refractivity contribution < 1.29 is 8.42 Å². The molecule has 0 spiro atoms. The minimum atomic E-state index is -3.37. The van der Waals surface area contributed by atoms with Crippen molar-refractivity contribution in [1.82, 2.24) is 4.98 Å². The average Bonchev–Trinajstić information content (AvgIpc) is 2.78. The van der Waals surface area contributed by atoms with Gasteiger partial charge in [0.1, 0.15) is 5.15 Å². The monoisotopic (exact) mass is 477 g/mol. The van der Waals surface area contributed by atoms with Crippen LogP contribution in [0.5, 0.6) is 0 Å². The Kier molecular flexibility index (Phi) is 7.17. The minimum absolute atomic E-state index is 0.293. The zero-order valence-electron chi connectivity index (χ0n) is 18.1. The predicted molar refractivity (Wildman–Crippen MR) is 125 cm³/mol. The van der Waals surface area contributed by atoms with Gasteiger partial charge in [0, 0.05) is 11.9 Å². The van der Waals surface area contributed by atoms with Gasteiger partial charge in [-0.2, -0.15) is 0 Å². The fourth-order valence-corrected chi connectivity index (χ4v) is 5.64. The van der Waals surface area contributed by atoms with E-state index in [9.17, 15) is 8.42 Å². The second kappa shape index (κ2) is 8.45. The molecule has 1 heterocycles. The van der Waals surface area contributed by atoms with Gasteiger partial charge in [0.15, 0.2) is 9.84 Å². The third-order valence-electron chi connectivity index (χ3n) is 4.94. The van der Waals surface area contributed by atoms with Crippen LogP contribution in [-0.2, 0) is 33.5 Å². The van der Waals surface area contributed by atoms with Crippen LogP contribution in [0.15, 0.2) is 17.0 Å². The number of aromatic nitrogens is 1. The van der Waals surface area contributed by atoms with Crippen molar-refractivity contribution in [3.63, 3.8) is 0 Å². The minimum Gasteiger partial charge on any atom is -0.347 e. The van der Waals surface area contributed by atoms with Crippen LogP contribution < -0.4 is 0 Å². The number of halogens is 3. The van der Waals surface area contributed by atoms with E-state index < -0.39 is 9.84 Å². The Bertz CT molecular complexity index is 975. The van der Waals surface area contributed by atoms with E-state index in [0.29, 0.717) is 26.5 Å². The first-order valence-corrected chi connectivity index (χ1v) is 12.6. The number of hydrogen-bond donors (Lipinski definition) is 1. The van der Waals surface area contributed by atoms with E-state index in [-0.39, 0.29) is 10.8 Å². The Labute approximate surface area is 190 Å². The summed E-state index contributed by atoms with van der Waals surface area (Å²) in [5.41, 5.74) is 3.09. The number of rotatable bonds is 5. The van der Waals surface area contributed by atoms with Crippen LogP contribution in [-0.4, -0.2) is 19.7 Å². The molecule has 0 radical (unpaired) electrons. The number of sulfone groups is 1. The Morgan fingerprint density at radius 2 is 1.34 bits per heavy atom. The van der Waals surface area contributed by atoms with E-state index in [1.807, 2.05) is 12.1 Å². The van der Waals surface area contributed by atoms with Gasteiger partial charge in [0.05, 0.1) is 14.9 Å². The predicted octanol–water partition coefficient (Wildman–Crippen LogP) is 7.15. The van der Waals surface area contributed by atoms with Crippen LogP contribution in [0.2, 0.25) is 15.2 Å². The molecule has 29 heavy (non-hydrogen) atoms. The van der Waals surface area contributed by atoms with Crippen molar-refractivity contribution in [1.29, 1.82) is 0 Å². The molecule has 1 N–H and O–H groups in total. The lowest BCUT2D eigenvalue weighted by Gasteiger charge is -2.30. The summed E-state index contributed by atoms with van der Waals surface area (Å²) in [6.45, 7) is 12.3. The van der Waals surface area contributed by atoms with Gasteiger partial charge in [-0.15, -0.1) is 0 Å². The molecule has 1 aromatic carbocycles. The van der Waals surface area contributed by atoms with E-state index in [1.54, 1.807) is 0 Å². The summed E-state index contributed by atoms with van der Waals surface area (Å²) in [4.78, 5) is 3.49. The number of aromatic amines is 1. The van der Waals surface area contributed by atoms with Gasteiger partial charge in [-0.25, -0.2) is 8.42 Å². The smallest absolute Gasteiger partial charge is 0.176 e. The Morgan fingerprint density at radius 3 is 1.69 bits per heavy atom. The molecule has 0 saturated carbocycles. The first-order chi connectivity index (χ1) is 13.0. The molecule has 0 amide bonds. The molecule has 162 valence electrons. The van der Waals surface area contributed by atoms with Crippen LogP contribution in [0.3, 0.4) is 0 Å². The largest absolute Gasteiger partial charge is 0.347 e. The Morgan fingerprint density at radius 1 is 0.862 bits per heavy atom. The van der Waals surface area contributed by atoms with Crippen molar-refractivity contribution in [2.45, 2.75) is 76.5 Å². The van der Waals surface area contributed by atoms with Crippen molar-refractivity contribution in [3.8, 4) is 0 Å². The highest BCUT2D eigenvalue weighted by Gasteiger charge is 2.31. The van der Waals surface area contributed by atoms with Crippen molar-refractivity contribution in [2.24, 2.45) is 0 Å². The van der Waals surface area contributed by atoms with Gasteiger partial charge < -0.3 is 4.98 Å². The summed E-state index contributed by atoms with van der Waals surface area (Å²) in [5, 5.41) is 1.18. The molecular weight excluding hydrogens is 449 g/mol. The number of aryl methyl sites for hydroxylation is 2. The Balaban J connectivity index is 2.46. The quantitative estimate of drug-likeness (QED) is 0.496. The highest BCUT2D eigenvalue weighted by atomic mass is 35.5. The molecule has 0 unspecified atom stereocenters. The van der Waals surface area contributed by atoms with Gasteiger partial charge in [-0.05, 0) is 46.8 Å². The van der Waals surface area contributed by atoms with Gasteiger partial charge in [-0.1, -0.05) is 88.5 Å². The third kappa shape index (κ3) is 5.72. The average molecular weight is 479 g/mol. The number of benzene rings is 1. The standard InChI is InChI=1S/C22H30Cl3NO2S/c1-21(2,3)14-11-13(9-8-10-16-17(23)18(24)20(25)26-16)12-15(22(4,5)6)19(14)29(7,27)28/h11-12,26H,8-10H2,1-7H3. The number of H-pyrrole nitrogens is 1. The van der Waals surface area contributed by atoms with Crippen molar-refractivity contribution in [3.05, 3.63) is 49.7 Å². The third-order valence-corrected chi connectivity index (χ3v) is 7.39. The summed E-state index contributed by atoms with van der Waals surface area (Å²) in [5.74, 6) is 0. The lowest BCUT2D eigenvalue weighted by molar-refractivity contribution is 0.531. The Hall–Kier alpha value is -0.680. The van der Waals surface area contributed by atoms with E-state index in [1.165, 1.54) is 6.26 Å². The summed E-state index contributed by atoms with van der Waals surface area (Å²) in [6.07, 6.45) is 3.63. The van der Waals surface area contributed by atoms with Crippen molar-refractivity contribution >= 4 is 44.6 Å². The van der Waals surface area contributed by atoms with E-state index in [0.717, 1.165) is 35.2 Å². The zero-order chi connectivity index (χ0) is 22.4. The lowest BCUT2D eigenvalue weighted by atomic mass is 9.79. The first-order valence-electron chi connectivity index (χ1n) is 9.62. The van der Waals surface area contributed by atoms with Crippen LogP contribution in [0, 0.1) is 0 Å². The SMILES string of the molecule is CC(C)(C)c1cc(CCCc2[nH]c(Cl)c(Cl)c2Cl)cc(C(C)(C)C)c1S(C)(=O)=O. The maximum Gasteiger partial charge on any atom is 0.176 e. The van der Waals surface area contributed by atoms with Gasteiger partial charge in [0.25, 0.3) is 0 Å². The van der Waals surface area contributed by atoms with Crippen LogP contribution in [0.4, 0.5) is 0 Å². The summed E-state index contributed by atoms with van der Waals surface area (Å²) >= 11 is 18.3. The molecule has 2 aromatic rings. The number of hydrogen-bond acceptors (Lipinski definition) is 2. The molecule has 2 rings (SSSR count). The van der Waals surface area contributed by atoms with Crippen LogP contribution in [0.25, 0.3) is 0 Å². The van der Waals surface area contributed by atoms with Gasteiger partial charge in [-0.3, -0.25) is 0 Å². The molecule has 0 fully saturated rings. The maximum absolute atomic E-state index is 12.7. The normalized spacial score (nSPS) is 13.2. The summed E-state index contributed by atoms with van der Waals surface area (Å²) < 4.78 is 25.4. The first kappa shape index (κ1) is 24.6. The fraction of sp³-hybridized carbons (Fsp3) is 0.545. The second-order valence-corrected chi connectivity index (χ2v) is 12.8. The molecule has 1 aromatic heterocycles. The molecule has 3 nitrogen and oxygen atoms in total. The molecular formula is C22H30Cl3NO2S. The van der Waals surface area contributed by atoms with Crippen LogP contribution >= 0.6 is 34.8 Å². The summed E-state index contributed by atoms with van der Waals surface area (Å²) in [6, 6.07) is 4.09. The fourth-order valence-electron chi connectivity index (χ4n) is 3.46. The molecule has 0 aliphatic heterocycles. The van der Waals surface area contributed by atoms with Gasteiger partial charge in [0.2, 0.25) is 0 Å². The van der Waals surface area contributed by atoms with Gasteiger partial charge >= 0.3 is 0 Å². The zero-order valence-corrected chi connectivity index (χ0v) is 21.2. The molecule has 7 heteroatoms. The highest BCUT2D eigenvalue weighted by molar-refractivity contribution is 7.90. The van der Waals surface area contributed by atoms with Crippen LogP contribution in [0.1, 0.15) is 70.3 Å². The lowest BCUT2D eigenvalue weighted by Crippen LogP contribution is -2.24. The topological polar surface area (TPSA) is 49.9 Å². The summed E-state index contributed by atoms with van der Waals surface area (Å²) in [7, 11) is -3.37. The molecule has 0 aliphatic carbocycles. The van der Waals surface area contributed by atoms with E-state index in [2.05, 4.69) is 46.5 Å². The van der Waals surface area contributed by atoms with Crippen molar-refractivity contribution in [2.75, 3.05) is 6.26 Å². The highest BCUT2D eigenvalue weighted by Crippen LogP contribution is 2.38. The molecule has 0 saturated heterocycles. The maximum atomic E-state index is 12.7. The molecule has 0 bridgehead atoms. The van der Waals surface area contributed by atoms with E-state index >= 15 is 0 Å². The second-order valence-electron chi connectivity index (χ2n) is 9.69. The molecule has 0 atom stereocenters.